The van der Waals surface area contributed by atoms with Crippen LogP contribution in [0.15, 0.2) is 24.3 Å². The van der Waals surface area contributed by atoms with Gasteiger partial charge in [0, 0.05) is 18.6 Å². The second-order valence-corrected chi connectivity index (χ2v) is 10.2. The Morgan fingerprint density at radius 2 is 1.83 bits per heavy atom. The van der Waals surface area contributed by atoms with Gasteiger partial charge in [-0.15, -0.1) is 0 Å². The lowest BCUT2D eigenvalue weighted by molar-refractivity contribution is -0.189. The van der Waals surface area contributed by atoms with Crippen molar-refractivity contribution in [3.8, 4) is 5.75 Å². The number of rotatable bonds is 7. The fourth-order valence-electron chi connectivity index (χ4n) is 5.56. The van der Waals surface area contributed by atoms with Crippen molar-refractivity contribution < 1.29 is 37.4 Å². The molecule has 3 aliphatic rings. The van der Waals surface area contributed by atoms with Crippen LogP contribution >= 0.6 is 0 Å². The van der Waals surface area contributed by atoms with E-state index in [4.69, 9.17) is 0 Å². The summed E-state index contributed by atoms with van der Waals surface area (Å²) in [5, 5.41) is 9.28. The lowest BCUT2D eigenvalue weighted by Crippen LogP contribution is -2.55. The van der Waals surface area contributed by atoms with E-state index in [0.29, 0.717) is 44.7 Å². The first-order chi connectivity index (χ1) is 16.4. The molecule has 2 saturated carbocycles. The van der Waals surface area contributed by atoms with Gasteiger partial charge < -0.3 is 19.6 Å². The van der Waals surface area contributed by atoms with Gasteiger partial charge >= 0.3 is 24.1 Å². The van der Waals surface area contributed by atoms with E-state index < -0.39 is 29.2 Å². The minimum absolute atomic E-state index is 0.176. The fourth-order valence-corrected chi connectivity index (χ4v) is 5.56. The Balaban J connectivity index is 1.58. The number of carboxylic acids is 1. The SMILES string of the molecule is CN(C)C1(c2cccc(OC(=O)C(F)(F)F)c2)CCC2(CC1)CN(CC(=O)O)C(=O)N2CC1CC1. The topological polar surface area (TPSA) is 90.4 Å². The van der Waals surface area contributed by atoms with Gasteiger partial charge in [0.2, 0.25) is 0 Å². The van der Waals surface area contributed by atoms with Crippen LogP contribution in [0.2, 0.25) is 0 Å². The van der Waals surface area contributed by atoms with Crippen molar-refractivity contribution in [1.29, 1.82) is 0 Å². The van der Waals surface area contributed by atoms with Gasteiger partial charge in [0.25, 0.3) is 0 Å². The maximum Gasteiger partial charge on any atom is 0.491 e. The molecule has 2 amide bonds. The molecule has 1 N–H and O–H groups in total. The molecule has 0 radical (unpaired) electrons. The summed E-state index contributed by atoms with van der Waals surface area (Å²) in [6.07, 6.45) is -0.529. The monoisotopic (exact) mass is 497 g/mol. The summed E-state index contributed by atoms with van der Waals surface area (Å²) in [6.45, 7) is 0.623. The number of esters is 1. The Morgan fingerprint density at radius 3 is 2.37 bits per heavy atom. The van der Waals surface area contributed by atoms with Gasteiger partial charge in [-0.2, -0.15) is 13.2 Å². The molecule has 8 nitrogen and oxygen atoms in total. The maximum absolute atomic E-state index is 13.1. The van der Waals surface area contributed by atoms with Crippen molar-refractivity contribution in [2.45, 2.75) is 55.8 Å². The Bertz CT molecular complexity index is 1000. The quantitative estimate of drug-likeness (QED) is 0.459. The van der Waals surface area contributed by atoms with Crippen LogP contribution in [-0.2, 0) is 15.1 Å². The van der Waals surface area contributed by atoms with Crippen LogP contribution in [0.4, 0.5) is 18.0 Å². The van der Waals surface area contributed by atoms with E-state index in [1.54, 1.807) is 12.1 Å². The molecule has 1 aromatic carbocycles. The number of amides is 2. The minimum atomic E-state index is -5.09. The molecule has 0 atom stereocenters. The van der Waals surface area contributed by atoms with Gasteiger partial charge in [-0.1, -0.05) is 12.1 Å². The molecule has 0 aromatic heterocycles. The fraction of sp³-hybridized carbons (Fsp3) is 0.625. The van der Waals surface area contributed by atoms with Crippen molar-refractivity contribution in [1.82, 2.24) is 14.7 Å². The van der Waals surface area contributed by atoms with Crippen molar-refractivity contribution in [3.05, 3.63) is 29.8 Å². The van der Waals surface area contributed by atoms with Crippen molar-refractivity contribution in [2.75, 3.05) is 33.7 Å². The van der Waals surface area contributed by atoms with E-state index >= 15 is 0 Å². The first-order valence-electron chi connectivity index (χ1n) is 11.7. The molecule has 35 heavy (non-hydrogen) atoms. The number of urea groups is 1. The van der Waals surface area contributed by atoms with Crippen LogP contribution in [0.5, 0.6) is 5.75 Å². The zero-order chi connectivity index (χ0) is 25.6. The molecule has 1 saturated heterocycles. The summed E-state index contributed by atoms with van der Waals surface area (Å²) in [5.74, 6) is -3.05. The van der Waals surface area contributed by atoms with Gasteiger partial charge in [0.1, 0.15) is 12.3 Å². The first-order valence-corrected chi connectivity index (χ1v) is 11.7. The third-order valence-corrected chi connectivity index (χ3v) is 7.70. The Morgan fingerprint density at radius 1 is 1.17 bits per heavy atom. The predicted octanol–water partition coefficient (Wildman–Crippen LogP) is 3.46. The molecule has 4 rings (SSSR count). The smallest absolute Gasteiger partial charge is 0.480 e. The van der Waals surface area contributed by atoms with Crippen molar-refractivity contribution >= 4 is 18.0 Å². The van der Waals surface area contributed by atoms with Crippen molar-refractivity contribution in [3.63, 3.8) is 0 Å². The van der Waals surface area contributed by atoms with Gasteiger partial charge in [0.15, 0.2) is 0 Å². The van der Waals surface area contributed by atoms with Crippen molar-refractivity contribution in [2.24, 2.45) is 5.92 Å². The Hall–Kier alpha value is -2.82. The number of hydrogen-bond acceptors (Lipinski definition) is 5. The zero-order valence-corrected chi connectivity index (χ0v) is 19.8. The normalized spacial score (nSPS) is 27.1. The molecule has 1 spiro atoms. The number of hydrogen-bond donors (Lipinski definition) is 1. The van der Waals surface area contributed by atoms with Crippen LogP contribution < -0.4 is 4.74 Å². The molecule has 3 fully saturated rings. The Labute approximate surface area is 201 Å². The second kappa shape index (κ2) is 9.00. The number of aliphatic carboxylic acids is 1. The van der Waals surface area contributed by atoms with E-state index in [1.165, 1.54) is 17.0 Å². The van der Waals surface area contributed by atoms with E-state index in [0.717, 1.165) is 18.4 Å². The molecule has 1 aromatic rings. The number of benzene rings is 1. The van der Waals surface area contributed by atoms with Crippen LogP contribution in [0.3, 0.4) is 0 Å². The Kier molecular flexibility index (Phi) is 6.50. The van der Waals surface area contributed by atoms with Gasteiger partial charge in [-0.25, -0.2) is 9.59 Å². The summed E-state index contributed by atoms with van der Waals surface area (Å²) < 4.78 is 42.6. The highest BCUT2D eigenvalue weighted by atomic mass is 19.4. The van der Waals surface area contributed by atoms with Crippen LogP contribution in [0.25, 0.3) is 0 Å². The second-order valence-electron chi connectivity index (χ2n) is 10.2. The number of halogens is 3. The molecular formula is C24H30F3N3O5. The lowest BCUT2D eigenvalue weighted by Gasteiger charge is -2.51. The molecule has 0 bridgehead atoms. The minimum Gasteiger partial charge on any atom is -0.480 e. The summed E-state index contributed by atoms with van der Waals surface area (Å²) in [5.41, 5.74) is -0.291. The number of ether oxygens (including phenoxy) is 1. The summed E-state index contributed by atoms with van der Waals surface area (Å²) >= 11 is 0. The predicted molar refractivity (Wildman–Crippen MR) is 119 cm³/mol. The van der Waals surface area contributed by atoms with Crippen LogP contribution in [-0.4, -0.2) is 83.2 Å². The number of carbonyl (C=O) groups is 3. The standard InChI is InChI=1S/C24H30F3N3O5/c1-28(2)23(17-4-3-5-18(12-17)35-20(33)24(25,26)27)10-8-22(9-11-23)15-29(14-19(31)32)21(34)30(22)13-16-6-7-16/h3-5,12,16H,6-11,13-15H2,1-2H3,(H,31,32). The van der Waals surface area contributed by atoms with E-state index in [9.17, 15) is 32.7 Å². The van der Waals surface area contributed by atoms with Crippen LogP contribution in [0, 0.1) is 5.92 Å². The maximum atomic E-state index is 13.1. The summed E-state index contributed by atoms with van der Waals surface area (Å²) in [6, 6.07) is 5.92. The highest BCUT2D eigenvalue weighted by molar-refractivity contribution is 5.83. The average Bonchev–Trinajstić information content (AvgIpc) is 3.56. The molecular weight excluding hydrogens is 467 g/mol. The number of carbonyl (C=O) groups excluding carboxylic acids is 2. The van der Waals surface area contributed by atoms with E-state index in [-0.39, 0.29) is 18.3 Å². The molecule has 11 heteroatoms. The lowest BCUT2D eigenvalue weighted by atomic mass is 9.68. The third-order valence-electron chi connectivity index (χ3n) is 7.70. The summed E-state index contributed by atoms with van der Waals surface area (Å²) in [7, 11) is 3.79. The third kappa shape index (κ3) is 4.96. The van der Waals surface area contributed by atoms with Crippen LogP contribution in [0.1, 0.15) is 44.1 Å². The average molecular weight is 498 g/mol. The number of alkyl halides is 3. The highest BCUT2D eigenvalue weighted by Gasteiger charge is 2.55. The zero-order valence-electron chi connectivity index (χ0n) is 19.8. The molecule has 192 valence electrons. The molecule has 1 aliphatic heterocycles. The first kappa shape index (κ1) is 25.3. The van der Waals surface area contributed by atoms with E-state index in [2.05, 4.69) is 4.74 Å². The number of nitrogens with zero attached hydrogens (tertiary/aromatic N) is 3. The van der Waals surface area contributed by atoms with Gasteiger partial charge in [-0.3, -0.25) is 9.69 Å². The molecule has 0 unspecified atom stereocenters. The molecule has 2 aliphatic carbocycles. The summed E-state index contributed by atoms with van der Waals surface area (Å²) in [4.78, 5) is 41.1. The molecule has 1 heterocycles. The number of carboxylic acid groups (broad SMARTS) is 1. The largest absolute Gasteiger partial charge is 0.491 e. The van der Waals surface area contributed by atoms with E-state index in [1.807, 2.05) is 23.9 Å². The van der Waals surface area contributed by atoms with Gasteiger partial charge in [-0.05, 0) is 76.2 Å². The highest BCUT2D eigenvalue weighted by Crippen LogP contribution is 2.50. The van der Waals surface area contributed by atoms with Gasteiger partial charge in [0.05, 0.1) is 5.54 Å².